The Hall–Kier alpha value is -2.03. The summed E-state index contributed by atoms with van der Waals surface area (Å²) >= 11 is 0. The van der Waals surface area contributed by atoms with E-state index in [-0.39, 0.29) is 5.75 Å². The van der Waals surface area contributed by atoms with E-state index in [0.29, 0.717) is 11.1 Å². The van der Waals surface area contributed by atoms with Crippen LogP contribution in [-0.2, 0) is 0 Å². The number of phenolic OH excluding ortho intramolecular Hbond substituents is 1. The minimum Gasteiger partial charge on any atom is -0.508 e. The topological polar surface area (TPSA) is 50.4 Å². The molecule has 1 aromatic carbocycles. The standard InChI is InChI=1S/C11H8O3/c1-2-7-5-11(13)14-10-6-8(12)3-4-9(7)10/h2-6,12H,1H2. The third kappa shape index (κ3) is 1.29. The molecule has 1 aromatic heterocycles. The number of aromatic hydroxyl groups is 1. The summed E-state index contributed by atoms with van der Waals surface area (Å²) in [5.74, 6) is 0.0712. The van der Waals surface area contributed by atoms with Crippen LogP contribution in [0.15, 0.2) is 40.1 Å². The summed E-state index contributed by atoms with van der Waals surface area (Å²) in [6, 6.07) is 6.00. The smallest absolute Gasteiger partial charge is 0.336 e. The molecule has 0 radical (unpaired) electrons. The molecule has 3 nitrogen and oxygen atoms in total. The molecule has 2 rings (SSSR count). The monoisotopic (exact) mass is 188 g/mol. The van der Waals surface area contributed by atoms with Gasteiger partial charge in [-0.3, -0.25) is 0 Å². The van der Waals surface area contributed by atoms with E-state index in [2.05, 4.69) is 6.58 Å². The zero-order valence-electron chi connectivity index (χ0n) is 7.36. The Kier molecular flexibility index (Phi) is 1.85. The second-order valence-electron chi connectivity index (χ2n) is 2.91. The van der Waals surface area contributed by atoms with Gasteiger partial charge in [0, 0.05) is 17.5 Å². The third-order valence-electron chi connectivity index (χ3n) is 1.98. The van der Waals surface area contributed by atoms with Crippen molar-refractivity contribution < 1.29 is 9.52 Å². The normalized spacial score (nSPS) is 10.3. The van der Waals surface area contributed by atoms with Crippen LogP contribution < -0.4 is 5.63 Å². The van der Waals surface area contributed by atoms with Crippen molar-refractivity contribution in [2.24, 2.45) is 0 Å². The molecule has 0 atom stereocenters. The molecule has 0 fully saturated rings. The number of fused-ring (bicyclic) bond motifs is 1. The van der Waals surface area contributed by atoms with Gasteiger partial charge in [0.1, 0.15) is 11.3 Å². The summed E-state index contributed by atoms with van der Waals surface area (Å²) in [5, 5.41) is 9.96. The van der Waals surface area contributed by atoms with Crippen LogP contribution >= 0.6 is 0 Å². The lowest BCUT2D eigenvalue weighted by molar-refractivity contribution is 0.473. The van der Waals surface area contributed by atoms with Crippen molar-refractivity contribution in [3.8, 4) is 5.75 Å². The van der Waals surface area contributed by atoms with Crippen LogP contribution in [0.4, 0.5) is 0 Å². The summed E-state index contributed by atoms with van der Waals surface area (Å²) in [5.41, 5.74) is 0.627. The molecule has 3 heteroatoms. The maximum atomic E-state index is 11.1. The van der Waals surface area contributed by atoms with E-state index in [1.54, 1.807) is 12.1 Å². The molecule has 0 aliphatic carbocycles. The minimum absolute atomic E-state index is 0.0712. The van der Waals surface area contributed by atoms with Crippen LogP contribution in [0.2, 0.25) is 0 Å². The SMILES string of the molecule is C=Cc1cc(=O)oc2cc(O)ccc12. The van der Waals surface area contributed by atoms with Crippen molar-refractivity contribution in [1.29, 1.82) is 0 Å². The van der Waals surface area contributed by atoms with Crippen molar-refractivity contribution in [3.05, 3.63) is 46.8 Å². The van der Waals surface area contributed by atoms with Crippen molar-refractivity contribution in [3.63, 3.8) is 0 Å². The summed E-state index contributed by atoms with van der Waals surface area (Å²) in [4.78, 5) is 11.1. The van der Waals surface area contributed by atoms with Gasteiger partial charge in [-0.05, 0) is 17.7 Å². The highest BCUT2D eigenvalue weighted by Crippen LogP contribution is 2.21. The average molecular weight is 188 g/mol. The van der Waals surface area contributed by atoms with Gasteiger partial charge in [0.15, 0.2) is 0 Å². The molecule has 0 bridgehead atoms. The van der Waals surface area contributed by atoms with Gasteiger partial charge >= 0.3 is 5.63 Å². The summed E-state index contributed by atoms with van der Waals surface area (Å²) in [6.45, 7) is 3.60. The van der Waals surface area contributed by atoms with Crippen molar-refractivity contribution in [2.75, 3.05) is 0 Å². The molecule has 14 heavy (non-hydrogen) atoms. The largest absolute Gasteiger partial charge is 0.508 e. The van der Waals surface area contributed by atoms with E-state index in [1.165, 1.54) is 18.2 Å². The van der Waals surface area contributed by atoms with E-state index in [0.717, 1.165) is 5.39 Å². The van der Waals surface area contributed by atoms with Crippen molar-refractivity contribution >= 4 is 17.0 Å². The number of benzene rings is 1. The Labute approximate surface area is 79.9 Å². The van der Waals surface area contributed by atoms with E-state index in [4.69, 9.17) is 4.42 Å². The fraction of sp³-hybridized carbons (Fsp3) is 0. The highest BCUT2D eigenvalue weighted by Gasteiger charge is 2.03. The predicted molar refractivity (Wildman–Crippen MR) is 54.2 cm³/mol. The third-order valence-corrected chi connectivity index (χ3v) is 1.98. The van der Waals surface area contributed by atoms with E-state index >= 15 is 0 Å². The summed E-state index contributed by atoms with van der Waals surface area (Å²) < 4.78 is 4.92. The Morgan fingerprint density at radius 2 is 2.14 bits per heavy atom. The molecule has 0 aliphatic heterocycles. The first-order valence-electron chi connectivity index (χ1n) is 4.10. The van der Waals surface area contributed by atoms with Crippen LogP contribution in [0.1, 0.15) is 5.56 Å². The summed E-state index contributed by atoms with van der Waals surface area (Å²) in [7, 11) is 0. The molecule has 1 N–H and O–H groups in total. The lowest BCUT2D eigenvalue weighted by Crippen LogP contribution is -1.97. The lowest BCUT2D eigenvalue weighted by Gasteiger charge is -2.00. The quantitative estimate of drug-likeness (QED) is 0.697. The van der Waals surface area contributed by atoms with Gasteiger partial charge in [0.25, 0.3) is 0 Å². The number of phenols is 1. The molecular weight excluding hydrogens is 180 g/mol. The molecule has 1 heterocycles. The highest BCUT2D eigenvalue weighted by molar-refractivity contribution is 5.86. The summed E-state index contributed by atoms with van der Waals surface area (Å²) in [6.07, 6.45) is 1.58. The Morgan fingerprint density at radius 3 is 2.86 bits per heavy atom. The molecular formula is C11H8O3. The zero-order chi connectivity index (χ0) is 10.1. The Bertz CT molecular complexity index is 552. The van der Waals surface area contributed by atoms with Gasteiger partial charge in [-0.1, -0.05) is 12.7 Å². The van der Waals surface area contributed by atoms with E-state index in [1.807, 2.05) is 0 Å². The van der Waals surface area contributed by atoms with E-state index < -0.39 is 5.63 Å². The second kappa shape index (κ2) is 3.03. The molecule has 0 saturated carbocycles. The van der Waals surface area contributed by atoms with Gasteiger partial charge in [0.05, 0.1) is 0 Å². The maximum absolute atomic E-state index is 11.1. The lowest BCUT2D eigenvalue weighted by atomic mass is 10.1. The van der Waals surface area contributed by atoms with Crippen LogP contribution in [0.5, 0.6) is 5.75 Å². The molecule has 70 valence electrons. The van der Waals surface area contributed by atoms with Crippen molar-refractivity contribution in [1.82, 2.24) is 0 Å². The van der Waals surface area contributed by atoms with E-state index in [9.17, 15) is 9.90 Å². The van der Waals surface area contributed by atoms with Crippen molar-refractivity contribution in [2.45, 2.75) is 0 Å². The molecule has 0 unspecified atom stereocenters. The maximum Gasteiger partial charge on any atom is 0.336 e. The highest BCUT2D eigenvalue weighted by atomic mass is 16.4. The fourth-order valence-electron chi connectivity index (χ4n) is 1.35. The molecule has 0 spiro atoms. The molecule has 0 amide bonds. The van der Waals surface area contributed by atoms with Crippen LogP contribution in [0.3, 0.4) is 0 Å². The van der Waals surface area contributed by atoms with Crippen LogP contribution in [0, 0.1) is 0 Å². The molecule has 2 aromatic rings. The van der Waals surface area contributed by atoms with Gasteiger partial charge in [-0.2, -0.15) is 0 Å². The van der Waals surface area contributed by atoms with Gasteiger partial charge < -0.3 is 9.52 Å². The van der Waals surface area contributed by atoms with Gasteiger partial charge in [-0.25, -0.2) is 4.79 Å². The first-order chi connectivity index (χ1) is 6.70. The fourth-order valence-corrected chi connectivity index (χ4v) is 1.35. The Balaban J connectivity index is 2.94. The van der Waals surface area contributed by atoms with Crippen LogP contribution in [-0.4, -0.2) is 5.11 Å². The van der Waals surface area contributed by atoms with Gasteiger partial charge in [-0.15, -0.1) is 0 Å². The van der Waals surface area contributed by atoms with Gasteiger partial charge in [0.2, 0.25) is 0 Å². The minimum atomic E-state index is -0.446. The molecule has 0 saturated heterocycles. The first-order valence-corrected chi connectivity index (χ1v) is 4.10. The molecule has 0 aliphatic rings. The number of hydrogen-bond acceptors (Lipinski definition) is 3. The van der Waals surface area contributed by atoms with Crippen LogP contribution in [0.25, 0.3) is 17.0 Å². The first kappa shape index (κ1) is 8.56. The predicted octanol–water partition coefficient (Wildman–Crippen LogP) is 2.14. The average Bonchev–Trinajstić information content (AvgIpc) is 2.15. The Morgan fingerprint density at radius 1 is 1.36 bits per heavy atom. The second-order valence-corrected chi connectivity index (χ2v) is 2.91. The zero-order valence-corrected chi connectivity index (χ0v) is 7.36. The number of hydrogen-bond donors (Lipinski definition) is 1. The number of rotatable bonds is 1.